The van der Waals surface area contributed by atoms with Crippen molar-refractivity contribution in [2.24, 2.45) is 5.92 Å². The van der Waals surface area contributed by atoms with Gasteiger partial charge >= 0.3 is 0 Å². The van der Waals surface area contributed by atoms with Gasteiger partial charge in [-0.2, -0.15) is 0 Å². The van der Waals surface area contributed by atoms with Crippen LogP contribution in [0.5, 0.6) is 11.5 Å². The van der Waals surface area contributed by atoms with Crippen LogP contribution in [0.4, 0.5) is 5.69 Å². The van der Waals surface area contributed by atoms with Crippen molar-refractivity contribution in [1.29, 1.82) is 0 Å². The Morgan fingerprint density at radius 2 is 1.69 bits per heavy atom. The maximum atomic E-state index is 13.3. The molecular formula is C29H30N2O4. The predicted molar refractivity (Wildman–Crippen MR) is 136 cm³/mol. The van der Waals surface area contributed by atoms with Crippen molar-refractivity contribution >= 4 is 17.5 Å². The molecule has 0 unspecified atom stereocenters. The topological polar surface area (TPSA) is 76.7 Å². The molecule has 3 aromatic carbocycles. The van der Waals surface area contributed by atoms with Crippen LogP contribution in [0.1, 0.15) is 48.2 Å². The Balaban J connectivity index is 1.32. The fraction of sp³-hybridized carbons (Fsp3) is 0.310. The lowest BCUT2D eigenvalue weighted by Gasteiger charge is -2.17. The molecule has 0 radical (unpaired) electrons. The second-order valence-corrected chi connectivity index (χ2v) is 9.82. The Labute approximate surface area is 205 Å². The number of nitrogens with one attached hydrogen (secondary N) is 2. The van der Waals surface area contributed by atoms with E-state index in [1.807, 2.05) is 67.6 Å². The monoisotopic (exact) mass is 470 g/mol. The summed E-state index contributed by atoms with van der Waals surface area (Å²) in [6, 6.07) is 19.3. The molecule has 3 aromatic rings. The minimum absolute atomic E-state index is 0.0108. The molecule has 6 nitrogen and oxygen atoms in total. The van der Waals surface area contributed by atoms with Gasteiger partial charge in [-0.15, -0.1) is 0 Å². The van der Waals surface area contributed by atoms with Crippen LogP contribution in [0, 0.1) is 12.8 Å². The van der Waals surface area contributed by atoms with Gasteiger partial charge in [0.05, 0.1) is 5.41 Å². The zero-order valence-corrected chi connectivity index (χ0v) is 20.3. The smallest absolute Gasteiger partial charge is 0.251 e. The largest absolute Gasteiger partial charge is 0.454 e. The summed E-state index contributed by atoms with van der Waals surface area (Å²) >= 11 is 0. The summed E-state index contributed by atoms with van der Waals surface area (Å²) in [4.78, 5) is 25.7. The van der Waals surface area contributed by atoms with Gasteiger partial charge in [0.1, 0.15) is 0 Å². The highest BCUT2D eigenvalue weighted by Gasteiger charge is 2.51. The first-order valence-electron chi connectivity index (χ1n) is 12.1. The van der Waals surface area contributed by atoms with E-state index in [9.17, 15) is 9.59 Å². The minimum atomic E-state index is -0.531. The first-order valence-corrected chi connectivity index (χ1v) is 12.1. The number of hydrogen-bond acceptors (Lipinski definition) is 4. The van der Waals surface area contributed by atoms with Gasteiger partial charge in [-0.3, -0.25) is 9.59 Å². The van der Waals surface area contributed by atoms with Gasteiger partial charge in [0.15, 0.2) is 11.5 Å². The lowest BCUT2D eigenvalue weighted by Crippen LogP contribution is -2.27. The Kier molecular flexibility index (Phi) is 5.97. The molecule has 180 valence electrons. The Morgan fingerprint density at radius 1 is 0.943 bits per heavy atom. The van der Waals surface area contributed by atoms with Crippen LogP contribution in [0.3, 0.4) is 0 Å². The number of amides is 2. The Morgan fingerprint density at radius 3 is 2.40 bits per heavy atom. The van der Waals surface area contributed by atoms with Crippen molar-refractivity contribution in [1.82, 2.24) is 5.32 Å². The number of carbonyl (C=O) groups is 2. The highest BCUT2D eigenvalue weighted by atomic mass is 16.7. The molecule has 0 bridgehead atoms. The van der Waals surface area contributed by atoms with E-state index >= 15 is 0 Å². The standard InChI is InChI=1S/C29H30N2O4/c1-18(2)16-30-27(32)21-7-5-20(6-8-21)24-15-23(10-4-19(24)3)31-28(33)29(12-13-29)22-9-11-25-26(14-22)35-17-34-25/h4-11,14-15,18H,12-13,16-17H2,1-3H3,(H,30,32)(H,31,33). The van der Waals surface area contributed by atoms with Crippen molar-refractivity contribution < 1.29 is 19.1 Å². The maximum absolute atomic E-state index is 13.3. The van der Waals surface area contributed by atoms with Gasteiger partial charge in [0.25, 0.3) is 5.91 Å². The van der Waals surface area contributed by atoms with Crippen LogP contribution in [0.2, 0.25) is 0 Å². The summed E-state index contributed by atoms with van der Waals surface area (Å²) in [5.74, 6) is 1.74. The van der Waals surface area contributed by atoms with Crippen molar-refractivity contribution in [3.8, 4) is 22.6 Å². The molecule has 6 heteroatoms. The third-order valence-corrected chi connectivity index (χ3v) is 6.73. The number of carbonyl (C=O) groups excluding carboxylic acids is 2. The molecule has 35 heavy (non-hydrogen) atoms. The van der Waals surface area contributed by atoms with Crippen molar-refractivity contribution in [3.63, 3.8) is 0 Å². The third-order valence-electron chi connectivity index (χ3n) is 6.73. The van der Waals surface area contributed by atoms with Gasteiger partial charge < -0.3 is 20.1 Å². The van der Waals surface area contributed by atoms with E-state index in [1.54, 1.807) is 0 Å². The first kappa shape index (κ1) is 23.0. The normalized spacial score (nSPS) is 15.1. The number of anilines is 1. The summed E-state index contributed by atoms with van der Waals surface area (Å²) in [5, 5.41) is 6.08. The fourth-order valence-corrected chi connectivity index (χ4v) is 4.43. The molecule has 0 atom stereocenters. The van der Waals surface area contributed by atoms with Crippen LogP contribution in [-0.4, -0.2) is 25.2 Å². The molecular weight excluding hydrogens is 440 g/mol. The zero-order chi connectivity index (χ0) is 24.6. The summed E-state index contributed by atoms with van der Waals surface area (Å²) in [6.45, 7) is 7.04. The molecule has 2 amide bonds. The molecule has 0 aromatic heterocycles. The Hall–Kier alpha value is -3.80. The van der Waals surface area contributed by atoms with Gasteiger partial charge in [0.2, 0.25) is 12.7 Å². The highest BCUT2D eigenvalue weighted by molar-refractivity contribution is 6.02. The van der Waals surface area contributed by atoms with Crippen LogP contribution >= 0.6 is 0 Å². The SMILES string of the molecule is Cc1ccc(NC(=O)C2(c3ccc4c(c3)OCO4)CC2)cc1-c1ccc(C(=O)NCC(C)C)cc1. The number of fused-ring (bicyclic) bond motifs is 1. The quantitative estimate of drug-likeness (QED) is 0.482. The van der Waals surface area contributed by atoms with Crippen LogP contribution < -0.4 is 20.1 Å². The van der Waals surface area contributed by atoms with E-state index in [2.05, 4.69) is 24.5 Å². The second-order valence-electron chi connectivity index (χ2n) is 9.82. The van der Waals surface area contributed by atoms with Gasteiger partial charge in [0, 0.05) is 17.8 Å². The number of aryl methyl sites for hydroxylation is 1. The molecule has 2 N–H and O–H groups in total. The molecule has 1 aliphatic carbocycles. The summed E-state index contributed by atoms with van der Waals surface area (Å²) in [7, 11) is 0. The highest BCUT2D eigenvalue weighted by Crippen LogP contribution is 2.51. The summed E-state index contributed by atoms with van der Waals surface area (Å²) in [6.07, 6.45) is 1.61. The minimum Gasteiger partial charge on any atom is -0.454 e. The van der Waals surface area contributed by atoms with Gasteiger partial charge in [-0.25, -0.2) is 0 Å². The van der Waals surface area contributed by atoms with E-state index in [-0.39, 0.29) is 18.6 Å². The second kappa shape index (κ2) is 9.10. The number of benzene rings is 3. The zero-order valence-electron chi connectivity index (χ0n) is 20.3. The lowest BCUT2D eigenvalue weighted by molar-refractivity contribution is -0.118. The molecule has 1 heterocycles. The molecule has 1 saturated carbocycles. The van der Waals surface area contributed by atoms with E-state index in [0.717, 1.165) is 46.5 Å². The van der Waals surface area contributed by atoms with Crippen LogP contribution in [0.25, 0.3) is 11.1 Å². The summed E-state index contributed by atoms with van der Waals surface area (Å²) in [5.41, 5.74) is 4.92. The van der Waals surface area contributed by atoms with Crippen LogP contribution in [-0.2, 0) is 10.2 Å². The average molecular weight is 471 g/mol. The van der Waals surface area contributed by atoms with Gasteiger partial charge in [-0.05, 0) is 84.3 Å². The van der Waals surface area contributed by atoms with E-state index in [0.29, 0.717) is 23.8 Å². The molecule has 2 aliphatic rings. The van der Waals surface area contributed by atoms with Crippen molar-refractivity contribution in [2.75, 3.05) is 18.7 Å². The van der Waals surface area contributed by atoms with Crippen molar-refractivity contribution in [3.05, 3.63) is 77.4 Å². The van der Waals surface area contributed by atoms with Gasteiger partial charge in [-0.1, -0.05) is 38.1 Å². The molecule has 0 saturated heterocycles. The number of hydrogen-bond donors (Lipinski definition) is 2. The molecule has 0 spiro atoms. The Bertz CT molecular complexity index is 1280. The third kappa shape index (κ3) is 4.61. The predicted octanol–water partition coefficient (Wildman–Crippen LogP) is 5.45. The van der Waals surface area contributed by atoms with E-state index in [1.165, 1.54) is 0 Å². The lowest BCUT2D eigenvalue weighted by atomic mass is 9.94. The number of rotatable bonds is 7. The van der Waals surface area contributed by atoms with E-state index < -0.39 is 5.41 Å². The van der Waals surface area contributed by atoms with Crippen LogP contribution in [0.15, 0.2) is 60.7 Å². The average Bonchev–Trinajstić information content (AvgIpc) is 3.54. The molecule has 1 fully saturated rings. The first-order chi connectivity index (χ1) is 16.9. The number of ether oxygens (including phenoxy) is 2. The van der Waals surface area contributed by atoms with E-state index in [4.69, 9.17) is 9.47 Å². The molecule has 5 rings (SSSR count). The summed E-state index contributed by atoms with van der Waals surface area (Å²) < 4.78 is 10.9. The molecule has 1 aliphatic heterocycles. The fourth-order valence-electron chi connectivity index (χ4n) is 4.43. The van der Waals surface area contributed by atoms with Crippen molar-refractivity contribution in [2.45, 2.75) is 39.0 Å². The maximum Gasteiger partial charge on any atom is 0.251 e.